The molecule has 2 aromatic carbocycles. The Hall–Kier alpha value is -3.00. The van der Waals surface area contributed by atoms with Crippen molar-refractivity contribution in [3.63, 3.8) is 0 Å². The van der Waals surface area contributed by atoms with Gasteiger partial charge in [0.05, 0.1) is 17.7 Å². The topological polar surface area (TPSA) is 117 Å². The van der Waals surface area contributed by atoms with Gasteiger partial charge in [0.1, 0.15) is 5.76 Å². The quantitative estimate of drug-likeness (QED) is 0.473. The molecule has 2 heterocycles. The molecule has 0 bridgehead atoms. The van der Waals surface area contributed by atoms with Crippen LogP contribution in [0.25, 0.3) is 34.0 Å². The third kappa shape index (κ3) is 6.25. The average Bonchev–Trinajstić information content (AvgIpc) is 3.14. The molecule has 0 saturated carbocycles. The highest BCUT2D eigenvalue weighted by atomic mass is 35.7. The number of furan rings is 1. The summed E-state index contributed by atoms with van der Waals surface area (Å²) in [5.74, 6) is 3.15. The van der Waals surface area contributed by atoms with Gasteiger partial charge in [-0.25, -0.2) is 23.1 Å². The van der Waals surface area contributed by atoms with Crippen molar-refractivity contribution in [1.82, 2.24) is 0 Å². The first-order valence-corrected chi connectivity index (χ1v) is 9.80. The smallest absolute Gasteiger partial charge is 0.396 e. The molecule has 0 radical (unpaired) electrons. The Morgan fingerprint density at radius 2 is 1.17 bits per heavy atom. The van der Waals surface area contributed by atoms with Crippen LogP contribution in [0.1, 0.15) is 5.76 Å². The second-order valence-corrected chi connectivity index (χ2v) is 6.85. The van der Waals surface area contributed by atoms with Crippen molar-refractivity contribution in [3.8, 4) is 34.0 Å². The standard InChI is InChI=1S/C22H17O2.ClHO4/c1-16-12-13-20(23-16)22-15-19(17-8-4-2-5-9-17)14-21(24-22)18-10-6-3-7-11-18;2-1(3,4)5/h2-15H,1H3;(H,2,3,4,5)/q+1;/p-1. The molecule has 0 aliphatic carbocycles. The van der Waals surface area contributed by atoms with Crippen LogP contribution in [0.2, 0.25) is 0 Å². The van der Waals surface area contributed by atoms with Gasteiger partial charge in [-0.15, -0.1) is 10.2 Å². The van der Waals surface area contributed by atoms with Gasteiger partial charge in [-0.05, 0) is 36.8 Å². The van der Waals surface area contributed by atoms with E-state index in [1.165, 1.54) is 0 Å². The second kappa shape index (κ2) is 9.00. The molecule has 0 aliphatic rings. The van der Waals surface area contributed by atoms with Crippen LogP contribution in [0.4, 0.5) is 0 Å². The fraction of sp³-hybridized carbons (Fsp3) is 0.0455. The monoisotopic (exact) mass is 412 g/mol. The van der Waals surface area contributed by atoms with Gasteiger partial charge in [-0.2, -0.15) is 0 Å². The third-order valence-corrected chi connectivity index (χ3v) is 3.94. The van der Waals surface area contributed by atoms with Crippen LogP contribution in [0.15, 0.2) is 93.8 Å². The van der Waals surface area contributed by atoms with E-state index in [-0.39, 0.29) is 0 Å². The molecule has 6 nitrogen and oxygen atoms in total. The summed E-state index contributed by atoms with van der Waals surface area (Å²) in [7, 11) is -4.94. The predicted octanol–water partition coefficient (Wildman–Crippen LogP) is 1.71. The van der Waals surface area contributed by atoms with Crippen molar-refractivity contribution >= 4 is 0 Å². The number of rotatable bonds is 3. The molecular weight excluding hydrogens is 396 g/mol. The molecule has 2 aromatic heterocycles. The lowest BCUT2D eigenvalue weighted by Crippen LogP contribution is -2.68. The first-order chi connectivity index (χ1) is 13.8. The maximum Gasteiger partial charge on any atom is 0.396 e. The molecule has 29 heavy (non-hydrogen) atoms. The number of aryl methyl sites for hydroxylation is 1. The fourth-order valence-corrected chi connectivity index (χ4v) is 2.73. The van der Waals surface area contributed by atoms with Crippen molar-refractivity contribution in [2.24, 2.45) is 0 Å². The van der Waals surface area contributed by atoms with E-state index in [2.05, 4.69) is 18.2 Å². The Balaban J connectivity index is 0.000000431. The van der Waals surface area contributed by atoms with Gasteiger partial charge >= 0.3 is 11.5 Å². The maximum atomic E-state index is 8.49. The Kier molecular flexibility index (Phi) is 6.43. The van der Waals surface area contributed by atoms with E-state index < -0.39 is 10.2 Å². The lowest BCUT2D eigenvalue weighted by Gasteiger charge is -2.17. The van der Waals surface area contributed by atoms with Gasteiger partial charge in [-0.1, -0.05) is 48.5 Å². The summed E-state index contributed by atoms with van der Waals surface area (Å²) in [6.45, 7) is 1.93. The first kappa shape index (κ1) is 20.7. The van der Waals surface area contributed by atoms with E-state index in [1.807, 2.05) is 73.7 Å². The summed E-state index contributed by atoms with van der Waals surface area (Å²) in [6.07, 6.45) is 0. The van der Waals surface area contributed by atoms with Gasteiger partial charge in [0.15, 0.2) is 0 Å². The normalized spacial score (nSPS) is 10.9. The van der Waals surface area contributed by atoms with Crippen LogP contribution >= 0.6 is 0 Å². The summed E-state index contributed by atoms with van der Waals surface area (Å²) in [5.41, 5.74) is 3.29. The van der Waals surface area contributed by atoms with Crippen molar-refractivity contribution in [2.45, 2.75) is 6.92 Å². The largest absolute Gasteiger partial charge is 0.452 e. The SMILES string of the molecule is Cc1ccc(-c2cc(-c3ccccc3)cc(-c3ccccc3)[o+]2)o1.[O-][Cl+3]([O-])([O-])[O-]. The van der Waals surface area contributed by atoms with E-state index >= 15 is 0 Å². The summed E-state index contributed by atoms with van der Waals surface area (Å²) in [4.78, 5) is 0. The van der Waals surface area contributed by atoms with Crippen LogP contribution < -0.4 is 18.6 Å². The van der Waals surface area contributed by atoms with E-state index in [9.17, 15) is 0 Å². The molecule has 4 rings (SSSR count). The van der Waals surface area contributed by atoms with Gasteiger partial charge in [0.25, 0.3) is 0 Å². The van der Waals surface area contributed by atoms with E-state index in [1.54, 1.807) is 0 Å². The molecule has 0 N–H and O–H groups in total. The summed E-state index contributed by atoms with van der Waals surface area (Å²) < 4.78 is 45.9. The zero-order chi connectivity index (χ0) is 20.9. The van der Waals surface area contributed by atoms with Crippen LogP contribution in [0.3, 0.4) is 0 Å². The van der Waals surface area contributed by atoms with Crippen LogP contribution in [-0.4, -0.2) is 0 Å². The lowest BCUT2D eigenvalue weighted by atomic mass is 10.0. The van der Waals surface area contributed by atoms with Crippen molar-refractivity contribution in [3.05, 3.63) is 90.7 Å². The van der Waals surface area contributed by atoms with E-state index in [4.69, 9.17) is 27.5 Å². The van der Waals surface area contributed by atoms with E-state index in [0.29, 0.717) is 0 Å². The zero-order valence-corrected chi connectivity index (χ0v) is 16.2. The number of benzene rings is 2. The predicted molar refractivity (Wildman–Crippen MR) is 96.4 cm³/mol. The molecule has 7 heteroatoms. The summed E-state index contributed by atoms with van der Waals surface area (Å²) in [5, 5.41) is 0. The molecule has 0 atom stereocenters. The molecular formula is C22H17ClO6. The van der Waals surface area contributed by atoms with Gasteiger partial charge in [-0.3, -0.25) is 0 Å². The average molecular weight is 413 g/mol. The molecule has 0 saturated heterocycles. The summed E-state index contributed by atoms with van der Waals surface area (Å²) in [6, 6.07) is 28.4. The number of hydrogen-bond donors (Lipinski definition) is 0. The Bertz CT molecular complexity index is 992. The number of hydrogen-bond acceptors (Lipinski definition) is 5. The minimum absolute atomic E-state index is 0.725. The van der Waals surface area contributed by atoms with Crippen LogP contribution in [0.5, 0.6) is 0 Å². The molecule has 0 unspecified atom stereocenters. The lowest BCUT2D eigenvalue weighted by molar-refractivity contribution is -2.00. The summed E-state index contributed by atoms with van der Waals surface area (Å²) >= 11 is 0. The Morgan fingerprint density at radius 1 is 0.655 bits per heavy atom. The minimum atomic E-state index is -4.94. The molecule has 0 amide bonds. The van der Waals surface area contributed by atoms with Crippen molar-refractivity contribution in [2.75, 3.05) is 0 Å². The van der Waals surface area contributed by atoms with Crippen molar-refractivity contribution in [1.29, 1.82) is 0 Å². The highest BCUT2D eigenvalue weighted by Gasteiger charge is 2.22. The van der Waals surface area contributed by atoms with Crippen LogP contribution in [-0.2, 0) is 0 Å². The fourth-order valence-electron chi connectivity index (χ4n) is 2.73. The Labute approximate surface area is 169 Å². The van der Waals surface area contributed by atoms with E-state index in [0.717, 1.165) is 39.7 Å². The highest BCUT2D eigenvalue weighted by molar-refractivity contribution is 5.73. The van der Waals surface area contributed by atoms with Gasteiger partial charge in [0, 0.05) is 5.56 Å². The molecule has 0 spiro atoms. The molecule has 0 fully saturated rings. The Morgan fingerprint density at radius 3 is 1.69 bits per heavy atom. The van der Waals surface area contributed by atoms with Gasteiger partial charge in [0.2, 0.25) is 5.76 Å². The maximum absolute atomic E-state index is 8.49. The molecule has 4 aromatic rings. The van der Waals surface area contributed by atoms with Gasteiger partial charge < -0.3 is 4.42 Å². The van der Waals surface area contributed by atoms with Crippen LogP contribution in [0, 0.1) is 17.2 Å². The van der Waals surface area contributed by atoms with Crippen molar-refractivity contribution < 1.29 is 37.7 Å². The minimum Gasteiger partial charge on any atom is -0.452 e. The second-order valence-electron chi connectivity index (χ2n) is 6.09. The molecule has 148 valence electrons. The molecule has 0 aliphatic heterocycles. The third-order valence-electron chi connectivity index (χ3n) is 3.94. The highest BCUT2D eigenvalue weighted by Crippen LogP contribution is 2.33. The first-order valence-electron chi connectivity index (χ1n) is 8.57. The number of halogens is 1. The zero-order valence-electron chi connectivity index (χ0n) is 15.4.